The number of hydrogen-bond acceptors (Lipinski definition) is 8. The zero-order chi connectivity index (χ0) is 24.2. The summed E-state index contributed by atoms with van der Waals surface area (Å²) in [6.07, 6.45) is 1.11. The molecule has 0 saturated carbocycles. The summed E-state index contributed by atoms with van der Waals surface area (Å²) >= 11 is 1.17. The number of aromatic nitrogens is 1. The molecule has 0 radical (unpaired) electrons. The van der Waals surface area contributed by atoms with Crippen molar-refractivity contribution in [2.24, 2.45) is 0 Å². The number of likely N-dealkylation sites (N-methyl/N-ethyl adjacent to an activating group) is 1. The number of thiazole rings is 1. The quantitative estimate of drug-likeness (QED) is 0.414. The Hall–Kier alpha value is -2.34. The highest BCUT2D eigenvalue weighted by molar-refractivity contribution is 7.92. The van der Waals surface area contributed by atoms with E-state index in [4.69, 9.17) is 0 Å². The summed E-state index contributed by atoms with van der Waals surface area (Å²) in [5.41, 5.74) is 0.284. The van der Waals surface area contributed by atoms with Gasteiger partial charge in [0.1, 0.15) is 11.3 Å². The summed E-state index contributed by atoms with van der Waals surface area (Å²) in [6, 6.07) is 12.7. The van der Waals surface area contributed by atoms with Gasteiger partial charge < -0.3 is 4.90 Å². The molecule has 3 aromatic rings. The Morgan fingerprint density at radius 1 is 0.939 bits per heavy atom. The molecule has 0 atom stereocenters. The molecule has 0 aliphatic heterocycles. The van der Waals surface area contributed by atoms with Gasteiger partial charge in [-0.25, -0.2) is 21.8 Å². The second kappa shape index (κ2) is 10.3. The van der Waals surface area contributed by atoms with Gasteiger partial charge in [-0.1, -0.05) is 49.4 Å². The second-order valence-corrected chi connectivity index (χ2v) is 12.5. The van der Waals surface area contributed by atoms with Gasteiger partial charge in [-0.15, -0.1) is 0 Å². The Balaban J connectivity index is 2.00. The molecular formula is C22H27N3O5S3. The van der Waals surface area contributed by atoms with Crippen LogP contribution in [0.2, 0.25) is 0 Å². The largest absolute Gasteiger partial charge is 0.302 e. The number of hydrogen-bond donors (Lipinski definition) is 0. The first-order valence-electron chi connectivity index (χ1n) is 10.5. The lowest BCUT2D eigenvalue weighted by atomic mass is 10.3. The van der Waals surface area contributed by atoms with Crippen LogP contribution in [0.4, 0.5) is 5.13 Å². The van der Waals surface area contributed by atoms with Gasteiger partial charge in [0.2, 0.25) is 5.91 Å². The molecule has 2 aromatic carbocycles. The summed E-state index contributed by atoms with van der Waals surface area (Å²) < 4.78 is 50.7. The van der Waals surface area contributed by atoms with Crippen molar-refractivity contribution < 1.29 is 21.6 Å². The number of nitrogens with zero attached hydrogens (tertiary/aromatic N) is 3. The van der Waals surface area contributed by atoms with Crippen LogP contribution in [0.25, 0.3) is 10.2 Å². The van der Waals surface area contributed by atoms with Crippen molar-refractivity contribution in [3.63, 3.8) is 0 Å². The smallest absolute Gasteiger partial charge is 0.244 e. The van der Waals surface area contributed by atoms with Crippen LogP contribution >= 0.6 is 11.3 Å². The number of para-hydroxylation sites is 1. The summed E-state index contributed by atoms with van der Waals surface area (Å²) in [6.45, 7) is 6.33. The zero-order valence-corrected chi connectivity index (χ0v) is 21.2. The predicted molar refractivity (Wildman–Crippen MR) is 131 cm³/mol. The lowest BCUT2D eigenvalue weighted by Gasteiger charge is -2.24. The first-order chi connectivity index (χ1) is 15.6. The van der Waals surface area contributed by atoms with Crippen molar-refractivity contribution in [1.29, 1.82) is 0 Å². The van der Waals surface area contributed by atoms with E-state index in [0.717, 1.165) is 19.3 Å². The third-order valence-electron chi connectivity index (χ3n) is 5.25. The first-order valence-corrected chi connectivity index (χ1v) is 14.8. The normalized spacial score (nSPS) is 12.4. The monoisotopic (exact) mass is 509 g/mol. The molecule has 8 nitrogen and oxygen atoms in total. The Bertz CT molecular complexity index is 1330. The third kappa shape index (κ3) is 5.97. The topological polar surface area (TPSA) is 105 Å². The molecule has 0 N–H and O–H groups in total. The predicted octanol–water partition coefficient (Wildman–Crippen LogP) is 2.85. The highest BCUT2D eigenvalue weighted by atomic mass is 32.2. The number of anilines is 1. The van der Waals surface area contributed by atoms with Crippen LogP contribution in [-0.2, 0) is 24.5 Å². The lowest BCUT2D eigenvalue weighted by molar-refractivity contribution is -0.116. The van der Waals surface area contributed by atoms with Crippen molar-refractivity contribution in [2.75, 3.05) is 43.1 Å². The van der Waals surface area contributed by atoms with Gasteiger partial charge in [-0.05, 0) is 37.4 Å². The number of sulfone groups is 2. The van der Waals surface area contributed by atoms with Crippen LogP contribution in [0, 0.1) is 0 Å². The Kier molecular flexibility index (Phi) is 7.88. The van der Waals surface area contributed by atoms with Gasteiger partial charge in [0, 0.05) is 19.3 Å². The van der Waals surface area contributed by atoms with E-state index in [2.05, 4.69) is 9.88 Å². The SMILES string of the molecule is CCN(CC)CCN(C(=O)CS(=O)(=O)c1ccccc1)c1nc2c(S(C)(=O)=O)cccc2s1. The van der Waals surface area contributed by atoms with Gasteiger partial charge in [0.15, 0.2) is 24.8 Å². The van der Waals surface area contributed by atoms with Crippen molar-refractivity contribution in [2.45, 2.75) is 23.6 Å². The molecule has 1 heterocycles. The zero-order valence-electron chi connectivity index (χ0n) is 18.8. The number of carbonyl (C=O) groups excluding carboxylic acids is 1. The first kappa shape index (κ1) is 25.3. The Morgan fingerprint density at radius 3 is 2.21 bits per heavy atom. The maximum Gasteiger partial charge on any atom is 0.244 e. The van der Waals surface area contributed by atoms with Crippen LogP contribution in [0.1, 0.15) is 13.8 Å². The highest BCUT2D eigenvalue weighted by Gasteiger charge is 2.27. The number of fused-ring (bicyclic) bond motifs is 1. The fourth-order valence-electron chi connectivity index (χ4n) is 3.39. The van der Waals surface area contributed by atoms with Crippen molar-refractivity contribution in [3.05, 3.63) is 48.5 Å². The second-order valence-electron chi connectivity index (χ2n) is 7.52. The highest BCUT2D eigenvalue weighted by Crippen LogP contribution is 2.33. The fraction of sp³-hybridized carbons (Fsp3) is 0.364. The van der Waals surface area contributed by atoms with Crippen LogP contribution in [0.3, 0.4) is 0 Å². The van der Waals surface area contributed by atoms with Crippen molar-refractivity contribution >= 4 is 52.3 Å². The minimum atomic E-state index is -3.85. The number of benzene rings is 2. The van der Waals surface area contributed by atoms with Crippen molar-refractivity contribution in [1.82, 2.24) is 9.88 Å². The average molecular weight is 510 g/mol. The van der Waals surface area contributed by atoms with Crippen molar-refractivity contribution in [3.8, 4) is 0 Å². The van der Waals surface area contributed by atoms with Crippen LogP contribution in [0.5, 0.6) is 0 Å². The average Bonchev–Trinajstić information content (AvgIpc) is 3.20. The molecule has 1 amide bonds. The Morgan fingerprint density at radius 2 is 1.61 bits per heavy atom. The van der Waals surface area contributed by atoms with Crippen LogP contribution in [0.15, 0.2) is 58.3 Å². The molecule has 0 fully saturated rings. The number of amides is 1. The molecule has 3 rings (SSSR count). The van der Waals surface area contributed by atoms with Gasteiger partial charge >= 0.3 is 0 Å². The molecule has 178 valence electrons. The van der Waals surface area contributed by atoms with Gasteiger partial charge in [0.25, 0.3) is 0 Å². The molecule has 0 aliphatic carbocycles. The van der Waals surface area contributed by atoms with E-state index in [-0.39, 0.29) is 27.0 Å². The summed E-state index contributed by atoms with van der Waals surface area (Å²) in [5, 5.41) is 0.279. The van der Waals surface area contributed by atoms with E-state index >= 15 is 0 Å². The maximum atomic E-state index is 13.3. The van der Waals surface area contributed by atoms with E-state index in [1.165, 1.54) is 34.4 Å². The summed E-state index contributed by atoms with van der Waals surface area (Å²) in [7, 11) is -7.37. The van der Waals surface area contributed by atoms with Crippen LogP contribution < -0.4 is 4.90 Å². The molecule has 0 saturated heterocycles. The third-order valence-corrected chi connectivity index (χ3v) is 9.04. The molecule has 1 aromatic heterocycles. The van der Waals surface area contributed by atoms with E-state index in [1.54, 1.807) is 30.3 Å². The summed E-state index contributed by atoms with van der Waals surface area (Å²) in [5.74, 6) is -1.31. The minimum absolute atomic E-state index is 0.0747. The van der Waals surface area contributed by atoms with Gasteiger partial charge in [-0.2, -0.15) is 0 Å². The van der Waals surface area contributed by atoms with E-state index in [0.29, 0.717) is 11.2 Å². The van der Waals surface area contributed by atoms with Gasteiger partial charge in [0.05, 0.1) is 14.5 Å². The molecular weight excluding hydrogens is 482 g/mol. The number of carbonyl (C=O) groups is 1. The molecule has 33 heavy (non-hydrogen) atoms. The van der Waals surface area contributed by atoms with E-state index in [9.17, 15) is 21.6 Å². The molecule has 11 heteroatoms. The molecule has 0 bridgehead atoms. The van der Waals surface area contributed by atoms with E-state index in [1.807, 2.05) is 13.8 Å². The summed E-state index contributed by atoms with van der Waals surface area (Å²) in [4.78, 5) is 21.3. The fourth-order valence-corrected chi connectivity index (χ4v) is 6.54. The molecule has 0 aliphatic rings. The van der Waals surface area contributed by atoms with Gasteiger partial charge in [-0.3, -0.25) is 9.69 Å². The number of rotatable bonds is 10. The standard InChI is InChI=1S/C22H27N3O5S3/c1-4-24(5-2)14-15-25(20(26)16-33(29,30)17-10-7-6-8-11-17)22-23-21-18(31-22)12-9-13-19(21)32(3,27)28/h6-13H,4-5,14-16H2,1-3H3. The minimum Gasteiger partial charge on any atom is -0.302 e. The molecule has 0 spiro atoms. The maximum absolute atomic E-state index is 13.3. The lowest BCUT2D eigenvalue weighted by Crippen LogP contribution is -2.41. The molecule has 0 unspecified atom stereocenters. The van der Waals surface area contributed by atoms with Crippen LogP contribution in [-0.4, -0.2) is 70.8 Å². The van der Waals surface area contributed by atoms with E-state index < -0.39 is 31.3 Å². The Labute approximate surface area is 198 Å².